The Morgan fingerprint density at radius 2 is 2.00 bits per heavy atom. The highest BCUT2D eigenvalue weighted by Gasteiger charge is 2.06. The molecule has 0 fully saturated rings. The number of aryl methyl sites for hydroxylation is 1. The van der Waals surface area contributed by atoms with Crippen LogP contribution in [0.2, 0.25) is 5.02 Å². The minimum Gasteiger partial charge on any atom is -0.489 e. The van der Waals surface area contributed by atoms with Crippen molar-refractivity contribution < 1.29 is 14.2 Å². The minimum atomic E-state index is -0.501. The number of rotatable bonds is 4. The Labute approximate surface area is 122 Å². The van der Waals surface area contributed by atoms with Gasteiger partial charge in [0.25, 0.3) is 0 Å². The molecule has 0 aliphatic rings. The summed E-state index contributed by atoms with van der Waals surface area (Å²) in [7, 11) is 0. The van der Waals surface area contributed by atoms with Crippen LogP contribution in [0.15, 0.2) is 36.4 Å². The van der Waals surface area contributed by atoms with E-state index < -0.39 is 11.9 Å². The van der Waals surface area contributed by atoms with Crippen LogP contribution < -0.4 is 4.74 Å². The van der Waals surface area contributed by atoms with Crippen molar-refractivity contribution in [3.63, 3.8) is 0 Å². The average molecular weight is 295 g/mol. The Morgan fingerprint density at radius 1 is 1.25 bits per heavy atom. The summed E-state index contributed by atoms with van der Waals surface area (Å²) in [5.74, 6) is 0.294. The summed E-state index contributed by atoms with van der Waals surface area (Å²) >= 11 is 5.72. The third kappa shape index (κ3) is 3.50. The van der Waals surface area contributed by atoms with Gasteiger partial charge in [-0.3, -0.25) is 0 Å². The molecule has 1 unspecified atom stereocenters. The molecular weight excluding hydrogens is 279 g/mol. The lowest BCUT2D eigenvalue weighted by atomic mass is 10.1. The zero-order valence-electron chi connectivity index (χ0n) is 11.4. The normalized spacial score (nSPS) is 12.2. The summed E-state index contributed by atoms with van der Waals surface area (Å²) < 4.78 is 18.7. The van der Waals surface area contributed by atoms with E-state index in [2.05, 4.69) is 0 Å². The fourth-order valence-electron chi connectivity index (χ4n) is 1.88. The zero-order valence-corrected chi connectivity index (χ0v) is 12.1. The number of hydrogen-bond donors (Lipinski definition) is 1. The molecule has 2 aromatic carbocycles. The summed E-state index contributed by atoms with van der Waals surface area (Å²) in [4.78, 5) is 0. The summed E-state index contributed by atoms with van der Waals surface area (Å²) in [6.07, 6.45) is -0.501. The number of aliphatic hydroxyl groups excluding tert-OH is 1. The van der Waals surface area contributed by atoms with Gasteiger partial charge in [-0.2, -0.15) is 0 Å². The Balaban J connectivity index is 2.09. The lowest BCUT2D eigenvalue weighted by Crippen LogP contribution is -1.99. The van der Waals surface area contributed by atoms with E-state index in [1.165, 1.54) is 6.07 Å². The number of ether oxygens (including phenoxy) is 1. The maximum atomic E-state index is 13.0. The molecule has 4 heteroatoms. The van der Waals surface area contributed by atoms with Gasteiger partial charge in [-0.25, -0.2) is 4.39 Å². The maximum Gasteiger partial charge on any atom is 0.141 e. The van der Waals surface area contributed by atoms with Crippen LogP contribution in [0.25, 0.3) is 0 Å². The van der Waals surface area contributed by atoms with Crippen molar-refractivity contribution in [3.8, 4) is 5.75 Å². The second-order valence-electron chi connectivity index (χ2n) is 4.74. The third-order valence-electron chi connectivity index (χ3n) is 3.06. The first-order valence-electron chi connectivity index (χ1n) is 6.32. The minimum absolute atomic E-state index is 0.0901. The van der Waals surface area contributed by atoms with Crippen molar-refractivity contribution in [1.29, 1.82) is 0 Å². The largest absolute Gasteiger partial charge is 0.489 e. The predicted molar refractivity (Wildman–Crippen MR) is 77.6 cm³/mol. The SMILES string of the molecule is Cc1cc(C(C)O)ccc1OCc1ccc(F)c(Cl)c1. The summed E-state index contributed by atoms with van der Waals surface area (Å²) in [6.45, 7) is 3.95. The van der Waals surface area contributed by atoms with Crippen LogP contribution in [0.1, 0.15) is 29.7 Å². The molecule has 1 N–H and O–H groups in total. The van der Waals surface area contributed by atoms with Crippen molar-refractivity contribution >= 4 is 11.6 Å². The number of halogens is 2. The second kappa shape index (κ2) is 6.25. The van der Waals surface area contributed by atoms with E-state index in [-0.39, 0.29) is 5.02 Å². The fraction of sp³-hybridized carbons (Fsp3) is 0.250. The molecule has 0 radical (unpaired) electrons. The van der Waals surface area contributed by atoms with Crippen LogP contribution in [-0.4, -0.2) is 5.11 Å². The topological polar surface area (TPSA) is 29.5 Å². The molecule has 2 aromatic rings. The van der Waals surface area contributed by atoms with E-state index >= 15 is 0 Å². The molecule has 0 spiro atoms. The Morgan fingerprint density at radius 3 is 2.60 bits per heavy atom. The first kappa shape index (κ1) is 14.8. The van der Waals surface area contributed by atoms with E-state index in [1.807, 2.05) is 25.1 Å². The number of hydrogen-bond acceptors (Lipinski definition) is 2. The van der Waals surface area contributed by atoms with E-state index in [9.17, 15) is 9.50 Å². The number of benzene rings is 2. The highest BCUT2D eigenvalue weighted by molar-refractivity contribution is 6.30. The van der Waals surface area contributed by atoms with E-state index in [0.717, 1.165) is 22.4 Å². The molecule has 106 valence electrons. The third-order valence-corrected chi connectivity index (χ3v) is 3.35. The monoisotopic (exact) mass is 294 g/mol. The summed E-state index contributed by atoms with van der Waals surface area (Å²) in [5.41, 5.74) is 2.59. The molecule has 0 aliphatic carbocycles. The first-order valence-corrected chi connectivity index (χ1v) is 6.70. The van der Waals surface area contributed by atoms with Gasteiger partial charge in [0.1, 0.15) is 18.2 Å². The van der Waals surface area contributed by atoms with Crippen LogP contribution >= 0.6 is 11.6 Å². The average Bonchev–Trinajstić information content (AvgIpc) is 2.41. The summed E-state index contributed by atoms with van der Waals surface area (Å²) in [6, 6.07) is 10.0. The molecule has 0 saturated heterocycles. The Hall–Kier alpha value is -1.58. The van der Waals surface area contributed by atoms with Gasteiger partial charge in [0, 0.05) is 0 Å². The molecule has 0 heterocycles. The Kier molecular flexibility index (Phi) is 4.63. The predicted octanol–water partition coefficient (Wildman–Crippen LogP) is 4.42. The van der Waals surface area contributed by atoms with Gasteiger partial charge in [-0.1, -0.05) is 23.7 Å². The molecule has 20 heavy (non-hydrogen) atoms. The standard InChI is InChI=1S/C16H16ClFO2/c1-10-7-13(11(2)19)4-6-16(10)20-9-12-3-5-15(18)14(17)8-12/h3-8,11,19H,9H2,1-2H3. The van der Waals surface area contributed by atoms with Crippen molar-refractivity contribution in [1.82, 2.24) is 0 Å². The van der Waals surface area contributed by atoms with Crippen molar-refractivity contribution in [3.05, 3.63) is 63.9 Å². The van der Waals surface area contributed by atoms with Gasteiger partial charge < -0.3 is 9.84 Å². The van der Waals surface area contributed by atoms with Gasteiger partial charge in [-0.05, 0) is 54.8 Å². The molecule has 2 nitrogen and oxygen atoms in total. The van der Waals surface area contributed by atoms with Crippen LogP contribution in [-0.2, 0) is 6.61 Å². The van der Waals surface area contributed by atoms with Crippen molar-refractivity contribution in [2.24, 2.45) is 0 Å². The van der Waals surface area contributed by atoms with E-state index in [1.54, 1.807) is 19.1 Å². The molecule has 0 bridgehead atoms. The number of aliphatic hydroxyl groups is 1. The highest BCUT2D eigenvalue weighted by Crippen LogP contribution is 2.24. The Bertz CT molecular complexity index is 611. The fourth-order valence-corrected chi connectivity index (χ4v) is 2.09. The zero-order chi connectivity index (χ0) is 14.7. The van der Waals surface area contributed by atoms with Gasteiger partial charge in [0.05, 0.1) is 11.1 Å². The van der Waals surface area contributed by atoms with Crippen LogP contribution in [0, 0.1) is 12.7 Å². The molecule has 0 saturated carbocycles. The van der Waals surface area contributed by atoms with Crippen LogP contribution in [0.4, 0.5) is 4.39 Å². The lowest BCUT2D eigenvalue weighted by molar-refractivity contribution is 0.199. The smallest absolute Gasteiger partial charge is 0.141 e. The van der Waals surface area contributed by atoms with E-state index in [4.69, 9.17) is 16.3 Å². The molecule has 0 aliphatic heterocycles. The molecular formula is C16H16ClFO2. The summed E-state index contributed by atoms with van der Waals surface area (Å²) in [5, 5.41) is 9.60. The van der Waals surface area contributed by atoms with Gasteiger partial charge in [0.2, 0.25) is 0 Å². The van der Waals surface area contributed by atoms with Crippen molar-refractivity contribution in [2.45, 2.75) is 26.6 Å². The highest BCUT2D eigenvalue weighted by atomic mass is 35.5. The second-order valence-corrected chi connectivity index (χ2v) is 5.15. The maximum absolute atomic E-state index is 13.0. The quantitative estimate of drug-likeness (QED) is 0.904. The molecule has 0 amide bonds. The van der Waals surface area contributed by atoms with Crippen LogP contribution in [0.5, 0.6) is 5.75 Å². The first-order chi connectivity index (χ1) is 9.47. The lowest BCUT2D eigenvalue weighted by Gasteiger charge is -2.12. The van der Waals surface area contributed by atoms with Gasteiger partial charge in [-0.15, -0.1) is 0 Å². The van der Waals surface area contributed by atoms with E-state index in [0.29, 0.717) is 6.61 Å². The van der Waals surface area contributed by atoms with Crippen LogP contribution in [0.3, 0.4) is 0 Å². The molecule has 0 aromatic heterocycles. The van der Waals surface area contributed by atoms with Crippen molar-refractivity contribution in [2.75, 3.05) is 0 Å². The van der Waals surface area contributed by atoms with Gasteiger partial charge >= 0.3 is 0 Å². The molecule has 2 rings (SSSR count). The van der Waals surface area contributed by atoms with Gasteiger partial charge in [0.15, 0.2) is 0 Å². The molecule has 1 atom stereocenters.